The lowest BCUT2D eigenvalue weighted by Crippen LogP contribution is -1.98. The Kier molecular flexibility index (Phi) is 1.14. The second kappa shape index (κ2) is 2.79. The number of nitrogens with zero attached hydrogens (tertiary/aromatic N) is 1. The van der Waals surface area contributed by atoms with Crippen LogP contribution in [-0.2, 0) is 0 Å². The lowest BCUT2D eigenvalue weighted by atomic mass is 10.4. The predicted molar refractivity (Wildman–Crippen MR) is 38.9 cm³/mol. The lowest BCUT2D eigenvalue weighted by Gasteiger charge is -1.91. The molecule has 0 aliphatic rings. The fraction of sp³-hybridized carbons (Fsp3) is 0. The first-order chi connectivity index (χ1) is 5.95. The Balaban J connectivity index is 3.50. The number of carboxylic acid groups (broad SMARTS) is 1. The number of hydrogen-bond acceptors (Lipinski definition) is 2. The Bertz CT molecular complexity index is 383. The number of carboxylic acids is 1. The van der Waals surface area contributed by atoms with Gasteiger partial charge in [-0.3, -0.25) is 0 Å². The van der Waals surface area contributed by atoms with Crippen molar-refractivity contribution < 1.29 is 14.0 Å². The highest BCUT2D eigenvalue weighted by molar-refractivity contribution is 9.10. The highest BCUT2D eigenvalue weighted by Gasteiger charge is 2.02. The van der Waals surface area contributed by atoms with Gasteiger partial charge in [-0.2, -0.15) is 0 Å². The minimum atomic E-state index is -1.38. The van der Waals surface area contributed by atoms with Gasteiger partial charge in [-0.15, -0.1) is 0 Å². The monoisotopic (exact) mass is 204 g/mol. The fourth-order valence-corrected chi connectivity index (χ4v) is 0.674. The van der Waals surface area contributed by atoms with Crippen LogP contribution in [0.5, 0.6) is 0 Å². The van der Waals surface area contributed by atoms with Crippen LogP contribution in [0.15, 0.2) is 22.7 Å². The summed E-state index contributed by atoms with van der Waals surface area (Å²) < 4.78 is 21.6. The van der Waals surface area contributed by atoms with Crippen molar-refractivity contribution in [3.8, 4) is 0 Å². The molecule has 0 spiro atoms. The number of carbonyl (C=O) groups is 1. The van der Waals surface area contributed by atoms with E-state index in [0.29, 0.717) is 0 Å². The summed E-state index contributed by atoms with van der Waals surface area (Å²) in [4.78, 5) is 13.8. The summed E-state index contributed by atoms with van der Waals surface area (Å²) >= 11 is 2.85. The Labute approximate surface area is 70.1 Å². The summed E-state index contributed by atoms with van der Waals surface area (Å²) in [5.41, 5.74) is -0.520. The second-order valence-corrected chi connectivity index (χ2v) is 2.23. The van der Waals surface area contributed by atoms with Crippen molar-refractivity contribution in [1.29, 1.82) is 0 Å². The van der Waals surface area contributed by atoms with Crippen LogP contribution in [0.25, 0.3) is 0 Å². The van der Waals surface area contributed by atoms with Crippen LogP contribution < -0.4 is 0 Å². The zero-order chi connectivity index (χ0) is 10.2. The lowest BCUT2D eigenvalue weighted by molar-refractivity contribution is 0.0690. The summed E-state index contributed by atoms with van der Waals surface area (Å²) in [6.45, 7) is 0. The van der Waals surface area contributed by atoms with Crippen LogP contribution in [0.2, 0.25) is 0 Å². The average molecular weight is 205 g/mol. The molecule has 0 aliphatic heterocycles. The van der Waals surface area contributed by atoms with Crippen molar-refractivity contribution in [2.45, 2.75) is 0 Å². The van der Waals surface area contributed by atoms with Crippen LogP contribution in [0.4, 0.5) is 0 Å². The molecule has 3 nitrogen and oxygen atoms in total. The minimum Gasteiger partial charge on any atom is -0.477 e. The molecule has 0 amide bonds. The van der Waals surface area contributed by atoms with Crippen LogP contribution in [0, 0.1) is 0 Å². The third-order valence-electron chi connectivity index (χ3n) is 0.764. The molecule has 0 aliphatic carbocycles. The van der Waals surface area contributed by atoms with Gasteiger partial charge in [0.2, 0.25) is 0 Å². The molecule has 1 N–H and O–H groups in total. The van der Waals surface area contributed by atoms with Gasteiger partial charge in [0.05, 0.1) is 4.11 Å². The summed E-state index contributed by atoms with van der Waals surface area (Å²) in [5.74, 6) is -1.38. The fourth-order valence-electron chi connectivity index (χ4n) is 0.397. The largest absolute Gasteiger partial charge is 0.477 e. The highest BCUT2D eigenvalue weighted by atomic mass is 79.9. The molecule has 1 aromatic heterocycles. The Morgan fingerprint density at radius 3 is 3.20 bits per heavy atom. The molecular weight excluding hydrogens is 198 g/mol. The summed E-state index contributed by atoms with van der Waals surface area (Å²) in [5, 5.41) is 8.56. The normalized spacial score (nSPS) is 13.5. The van der Waals surface area contributed by atoms with Crippen LogP contribution in [0.1, 0.15) is 14.6 Å². The number of rotatable bonds is 1. The molecule has 10 heavy (non-hydrogen) atoms. The van der Waals surface area contributed by atoms with Crippen molar-refractivity contribution >= 4 is 21.9 Å². The van der Waals surface area contributed by atoms with Crippen LogP contribution in [-0.4, -0.2) is 16.1 Å². The first kappa shape index (κ1) is 4.08. The standard InChI is InChI=1S/C6H4BrNO2/c7-4-1-2-8-5(3-4)6(9)10/h1-3H,(H,9,10)/i1D,2D,3D. The van der Waals surface area contributed by atoms with E-state index in [1.807, 2.05) is 0 Å². The molecule has 0 bridgehead atoms. The van der Waals surface area contributed by atoms with Gasteiger partial charge in [0.25, 0.3) is 0 Å². The van der Waals surface area contributed by atoms with Crippen molar-refractivity contribution in [3.05, 3.63) is 28.4 Å². The maximum Gasteiger partial charge on any atom is 0.354 e. The predicted octanol–water partition coefficient (Wildman–Crippen LogP) is 1.54. The van der Waals surface area contributed by atoms with Gasteiger partial charge in [-0.25, -0.2) is 9.78 Å². The number of halogens is 1. The van der Waals surface area contributed by atoms with Crippen LogP contribution in [0.3, 0.4) is 0 Å². The third kappa shape index (κ3) is 1.54. The molecule has 0 saturated carbocycles. The first-order valence-corrected chi connectivity index (χ1v) is 3.11. The van der Waals surface area contributed by atoms with Crippen molar-refractivity contribution in [1.82, 2.24) is 4.98 Å². The van der Waals surface area contributed by atoms with Crippen molar-refractivity contribution in [2.75, 3.05) is 0 Å². The van der Waals surface area contributed by atoms with E-state index >= 15 is 0 Å². The number of aromatic carboxylic acids is 1. The molecule has 0 radical (unpaired) electrons. The summed E-state index contributed by atoms with van der Waals surface area (Å²) in [6, 6.07) is -0.663. The summed E-state index contributed by atoms with van der Waals surface area (Å²) in [6.07, 6.45) is -0.458. The van der Waals surface area contributed by atoms with Gasteiger partial charge < -0.3 is 5.11 Å². The summed E-state index contributed by atoms with van der Waals surface area (Å²) in [7, 11) is 0. The molecule has 1 rings (SSSR count). The number of hydrogen-bond donors (Lipinski definition) is 1. The topological polar surface area (TPSA) is 50.2 Å². The molecule has 0 aromatic carbocycles. The molecule has 4 heteroatoms. The Morgan fingerprint density at radius 1 is 1.90 bits per heavy atom. The molecule has 52 valence electrons. The van der Waals surface area contributed by atoms with E-state index in [4.69, 9.17) is 9.22 Å². The third-order valence-corrected chi connectivity index (χ3v) is 1.16. The molecular formula is C6H4BrNO2. The number of aromatic nitrogens is 1. The maximum absolute atomic E-state index is 10.5. The van der Waals surface area contributed by atoms with E-state index in [9.17, 15) is 4.79 Å². The molecule has 1 heterocycles. The average Bonchev–Trinajstić information content (AvgIpc) is 2.07. The van der Waals surface area contributed by atoms with E-state index in [0.717, 1.165) is 0 Å². The van der Waals surface area contributed by atoms with Gasteiger partial charge in [0.1, 0.15) is 5.69 Å². The van der Waals surface area contributed by atoms with Crippen LogP contribution >= 0.6 is 15.9 Å². The van der Waals surface area contributed by atoms with E-state index in [-0.39, 0.29) is 16.6 Å². The zero-order valence-electron chi connectivity index (χ0n) is 7.68. The highest BCUT2D eigenvalue weighted by Crippen LogP contribution is 2.08. The molecule has 0 saturated heterocycles. The minimum absolute atomic E-state index is 0.0232. The first-order valence-electron chi connectivity index (χ1n) is 3.81. The van der Waals surface area contributed by atoms with Crippen molar-refractivity contribution in [2.24, 2.45) is 0 Å². The van der Waals surface area contributed by atoms with E-state index in [2.05, 4.69) is 20.9 Å². The van der Waals surface area contributed by atoms with Gasteiger partial charge in [-0.05, 0) is 12.1 Å². The van der Waals surface area contributed by atoms with E-state index in [1.54, 1.807) is 0 Å². The molecule has 0 unspecified atom stereocenters. The quantitative estimate of drug-likeness (QED) is 0.756. The van der Waals surface area contributed by atoms with Gasteiger partial charge in [0, 0.05) is 10.6 Å². The Morgan fingerprint density at radius 2 is 2.60 bits per heavy atom. The van der Waals surface area contributed by atoms with E-state index in [1.165, 1.54) is 0 Å². The maximum atomic E-state index is 10.5. The van der Waals surface area contributed by atoms with Gasteiger partial charge in [-0.1, -0.05) is 15.9 Å². The Hall–Kier alpha value is -0.900. The van der Waals surface area contributed by atoms with E-state index < -0.39 is 17.8 Å². The van der Waals surface area contributed by atoms with Gasteiger partial charge >= 0.3 is 5.97 Å². The molecule has 0 fully saturated rings. The smallest absolute Gasteiger partial charge is 0.354 e. The SMILES string of the molecule is [2H]c1nc(C(=O)O)c([2H])c(Br)c1[2H]. The zero-order valence-corrected chi connectivity index (χ0v) is 6.27. The second-order valence-electron chi connectivity index (χ2n) is 1.44. The molecule has 1 aromatic rings. The van der Waals surface area contributed by atoms with Crippen molar-refractivity contribution in [3.63, 3.8) is 0 Å². The molecule has 0 atom stereocenters. The van der Waals surface area contributed by atoms with Gasteiger partial charge in [0.15, 0.2) is 0 Å². The number of pyridine rings is 1.